The number of methoxy groups -OCH3 is 1. The van der Waals surface area contributed by atoms with E-state index in [4.69, 9.17) is 21.1 Å². The van der Waals surface area contributed by atoms with Crippen LogP contribution < -0.4 is 14.8 Å². The molecule has 0 radical (unpaired) electrons. The van der Waals surface area contributed by atoms with E-state index in [1.807, 2.05) is 12.1 Å². The third kappa shape index (κ3) is 5.64. The summed E-state index contributed by atoms with van der Waals surface area (Å²) in [7, 11) is -2.23. The van der Waals surface area contributed by atoms with E-state index in [-0.39, 0.29) is 41.3 Å². The highest BCUT2D eigenvalue weighted by Gasteiger charge is 2.16. The maximum absolute atomic E-state index is 12.2. The highest BCUT2D eigenvalue weighted by atomic mass is 35.5. The van der Waals surface area contributed by atoms with Gasteiger partial charge in [-0.15, -0.1) is 0 Å². The molecule has 29 heavy (non-hydrogen) atoms. The lowest BCUT2D eigenvalue weighted by Crippen LogP contribution is -2.27. The second-order valence-corrected chi connectivity index (χ2v) is 8.91. The van der Waals surface area contributed by atoms with Crippen molar-refractivity contribution >= 4 is 54.8 Å². The van der Waals surface area contributed by atoms with Gasteiger partial charge in [0.25, 0.3) is 5.91 Å². The van der Waals surface area contributed by atoms with Gasteiger partial charge in [0.05, 0.1) is 21.2 Å². The smallest absolute Gasteiger partial charge is 0.262 e. The zero-order valence-electron chi connectivity index (χ0n) is 15.3. The number of amides is 1. The zero-order chi connectivity index (χ0) is 20.9. The molecule has 2 aromatic carbocycles. The number of carbonyl (C=O) groups is 1. The molecule has 0 saturated heterocycles. The predicted octanol–water partition coefficient (Wildman–Crippen LogP) is 2.89. The molecule has 1 aromatic heterocycles. The third-order valence-electron chi connectivity index (χ3n) is 3.81. The van der Waals surface area contributed by atoms with Crippen LogP contribution in [0.4, 0.5) is 5.69 Å². The lowest BCUT2D eigenvalue weighted by molar-refractivity contribution is -0.118. The number of sulfonamides is 1. The number of hydrogen-bond acceptors (Lipinski definition) is 7. The van der Waals surface area contributed by atoms with E-state index in [1.165, 1.54) is 36.8 Å². The van der Waals surface area contributed by atoms with Gasteiger partial charge in [0.1, 0.15) is 5.75 Å². The van der Waals surface area contributed by atoms with E-state index in [0.29, 0.717) is 5.69 Å². The van der Waals surface area contributed by atoms with E-state index >= 15 is 0 Å². The number of fused-ring (bicyclic) bond motifs is 1. The summed E-state index contributed by atoms with van der Waals surface area (Å²) in [6.45, 7) is 0.110. The monoisotopic (exact) mass is 455 g/mol. The molecule has 0 saturated carbocycles. The normalized spacial score (nSPS) is 11.5. The molecule has 0 bridgehead atoms. The van der Waals surface area contributed by atoms with Gasteiger partial charge < -0.3 is 14.8 Å². The molecule has 0 fully saturated rings. The van der Waals surface area contributed by atoms with Crippen LogP contribution in [0, 0.1) is 0 Å². The molecule has 8 nitrogen and oxygen atoms in total. The fourth-order valence-corrected chi connectivity index (χ4v) is 4.38. The average molecular weight is 456 g/mol. The summed E-state index contributed by atoms with van der Waals surface area (Å²) in [6, 6.07) is 9.50. The van der Waals surface area contributed by atoms with Gasteiger partial charge in [-0.3, -0.25) is 4.79 Å². The number of anilines is 1. The minimum atomic E-state index is -3.71. The predicted molar refractivity (Wildman–Crippen MR) is 112 cm³/mol. The first-order chi connectivity index (χ1) is 13.9. The van der Waals surface area contributed by atoms with Crippen molar-refractivity contribution in [3.05, 3.63) is 47.6 Å². The summed E-state index contributed by atoms with van der Waals surface area (Å²) in [5, 5.41) is 3.75. The van der Waals surface area contributed by atoms with Gasteiger partial charge >= 0.3 is 0 Å². The largest absolute Gasteiger partial charge is 0.482 e. The molecule has 1 heterocycles. The van der Waals surface area contributed by atoms with Crippen LogP contribution in [0.5, 0.6) is 5.75 Å². The Morgan fingerprint density at radius 3 is 2.83 bits per heavy atom. The van der Waals surface area contributed by atoms with Crippen molar-refractivity contribution in [1.82, 2.24) is 9.10 Å². The average Bonchev–Trinajstić information content (AvgIpc) is 3.15. The number of rotatable bonds is 9. The molecule has 0 aliphatic heterocycles. The van der Waals surface area contributed by atoms with Crippen molar-refractivity contribution in [3.63, 3.8) is 0 Å². The molecule has 3 aromatic rings. The van der Waals surface area contributed by atoms with Gasteiger partial charge in [-0.25, -0.2) is 13.1 Å². The molecule has 0 aliphatic rings. The summed E-state index contributed by atoms with van der Waals surface area (Å²) in [5.74, 6) is -0.170. The van der Waals surface area contributed by atoms with Crippen LogP contribution in [-0.2, 0) is 19.6 Å². The minimum absolute atomic E-state index is 0.00641. The maximum Gasteiger partial charge on any atom is 0.262 e. The number of benzene rings is 2. The van der Waals surface area contributed by atoms with Gasteiger partial charge in [0.2, 0.25) is 10.0 Å². The molecule has 154 valence electrons. The van der Waals surface area contributed by atoms with Gasteiger partial charge in [0.15, 0.2) is 6.61 Å². The van der Waals surface area contributed by atoms with Gasteiger partial charge in [-0.2, -0.15) is 4.37 Å². The molecule has 11 heteroatoms. The summed E-state index contributed by atoms with van der Waals surface area (Å²) < 4.78 is 42.1. The summed E-state index contributed by atoms with van der Waals surface area (Å²) in [4.78, 5) is 12.1. The van der Waals surface area contributed by atoms with Crippen molar-refractivity contribution in [2.24, 2.45) is 0 Å². The van der Waals surface area contributed by atoms with Crippen molar-refractivity contribution in [3.8, 4) is 5.75 Å². The lowest BCUT2D eigenvalue weighted by atomic mass is 10.2. The minimum Gasteiger partial charge on any atom is -0.482 e. The van der Waals surface area contributed by atoms with E-state index in [1.54, 1.807) is 12.3 Å². The van der Waals surface area contributed by atoms with Crippen LogP contribution in [0.3, 0.4) is 0 Å². The number of nitrogens with zero attached hydrogens (tertiary/aromatic N) is 1. The van der Waals surface area contributed by atoms with E-state index in [0.717, 1.165) is 10.1 Å². The van der Waals surface area contributed by atoms with Crippen molar-refractivity contribution in [2.75, 3.05) is 32.2 Å². The van der Waals surface area contributed by atoms with Crippen LogP contribution in [0.25, 0.3) is 10.1 Å². The number of carbonyl (C=O) groups excluding carboxylic acids is 1. The molecule has 3 rings (SSSR count). The first kappa shape index (κ1) is 21.5. The van der Waals surface area contributed by atoms with E-state index in [9.17, 15) is 13.2 Å². The molecule has 1 amide bonds. The second-order valence-electron chi connectivity index (χ2n) is 5.90. The molecule has 0 unspecified atom stereocenters. The van der Waals surface area contributed by atoms with E-state index < -0.39 is 10.0 Å². The summed E-state index contributed by atoms with van der Waals surface area (Å²) >= 11 is 7.49. The Morgan fingerprint density at radius 2 is 2.07 bits per heavy atom. The van der Waals surface area contributed by atoms with Crippen LogP contribution >= 0.6 is 23.1 Å². The Morgan fingerprint density at radius 1 is 1.24 bits per heavy atom. The fraction of sp³-hybridized carbons (Fsp3) is 0.222. The first-order valence-electron chi connectivity index (χ1n) is 8.44. The molecule has 0 atom stereocenters. The lowest BCUT2D eigenvalue weighted by Gasteiger charge is -2.11. The topological polar surface area (TPSA) is 107 Å². The number of aromatic nitrogens is 1. The molecular weight excluding hydrogens is 438 g/mol. The van der Waals surface area contributed by atoms with Crippen molar-refractivity contribution < 1.29 is 22.7 Å². The summed E-state index contributed by atoms with van der Waals surface area (Å²) in [5.41, 5.74) is 0.626. The van der Waals surface area contributed by atoms with Gasteiger partial charge in [0, 0.05) is 30.9 Å². The van der Waals surface area contributed by atoms with Gasteiger partial charge in [-0.05, 0) is 47.9 Å². The Kier molecular flexibility index (Phi) is 7.04. The first-order valence-corrected chi connectivity index (χ1v) is 11.1. The number of ether oxygens (including phenoxy) is 2. The SMILES string of the molecule is COCCNS(=O)(=O)c1ccc(OCC(=O)Nc2ccc3sncc3c2)c(Cl)c1. The van der Waals surface area contributed by atoms with Crippen LogP contribution in [0.1, 0.15) is 0 Å². The van der Waals surface area contributed by atoms with Crippen molar-refractivity contribution in [2.45, 2.75) is 4.90 Å². The Bertz CT molecular complexity index is 1120. The number of hydrogen-bond donors (Lipinski definition) is 2. The maximum atomic E-state index is 12.2. The molecule has 0 aliphatic carbocycles. The molecule has 0 spiro atoms. The van der Waals surface area contributed by atoms with Crippen LogP contribution in [0.2, 0.25) is 5.02 Å². The number of nitrogens with one attached hydrogen (secondary N) is 2. The van der Waals surface area contributed by atoms with Crippen molar-refractivity contribution in [1.29, 1.82) is 0 Å². The summed E-state index contributed by atoms with van der Waals surface area (Å²) in [6.07, 6.45) is 1.73. The third-order valence-corrected chi connectivity index (χ3v) is 6.34. The molecule has 2 N–H and O–H groups in total. The Hall–Kier alpha value is -2.24. The standard InChI is InChI=1S/C18H18ClN3O5S2/c1-26-7-6-21-29(24,25)14-3-4-16(15(19)9-14)27-11-18(23)22-13-2-5-17-12(8-13)10-20-28-17/h2-5,8-10,21H,6-7,11H2,1H3,(H,22,23). The highest BCUT2D eigenvalue weighted by molar-refractivity contribution is 7.89. The van der Waals surface area contributed by atoms with Crippen LogP contribution in [-0.4, -0.2) is 45.6 Å². The number of halogens is 1. The quantitative estimate of drug-likeness (QED) is 0.480. The second kappa shape index (κ2) is 9.51. The van der Waals surface area contributed by atoms with E-state index in [2.05, 4.69) is 14.4 Å². The molecular formula is C18H18ClN3O5S2. The fourth-order valence-electron chi connectivity index (χ4n) is 2.42. The Labute approximate surface area is 177 Å². The highest BCUT2D eigenvalue weighted by Crippen LogP contribution is 2.27. The Balaban J connectivity index is 1.59. The van der Waals surface area contributed by atoms with Gasteiger partial charge in [-0.1, -0.05) is 11.6 Å². The van der Waals surface area contributed by atoms with Crippen LogP contribution in [0.15, 0.2) is 47.5 Å². The zero-order valence-corrected chi connectivity index (χ0v) is 17.7.